The van der Waals surface area contributed by atoms with Gasteiger partial charge in [0.25, 0.3) is 11.8 Å². The molecule has 0 aromatic heterocycles. The third kappa shape index (κ3) is 7.67. The molecule has 1 aromatic carbocycles. The molecule has 0 radical (unpaired) electrons. The predicted molar refractivity (Wildman–Crippen MR) is 141 cm³/mol. The molecule has 2 unspecified atom stereocenters. The van der Waals surface area contributed by atoms with Gasteiger partial charge in [-0.3, -0.25) is 9.79 Å². The van der Waals surface area contributed by atoms with Crippen molar-refractivity contribution in [2.75, 3.05) is 27.2 Å². The number of hydrogen-bond acceptors (Lipinski definition) is 6. The molecule has 1 amide bonds. The van der Waals surface area contributed by atoms with Crippen molar-refractivity contribution >= 4 is 23.9 Å². The summed E-state index contributed by atoms with van der Waals surface area (Å²) in [5.41, 5.74) is 5.94. The summed E-state index contributed by atoms with van der Waals surface area (Å²) in [6, 6.07) is 5.95. The Hall–Kier alpha value is -3.70. The van der Waals surface area contributed by atoms with Gasteiger partial charge in [-0.15, -0.1) is 0 Å². The lowest BCUT2D eigenvalue weighted by Crippen LogP contribution is -2.59. The number of aliphatic imine (C=N–C) groups is 2. The van der Waals surface area contributed by atoms with Crippen LogP contribution in [0.15, 0.2) is 63.5 Å². The van der Waals surface area contributed by atoms with Crippen LogP contribution in [0.4, 0.5) is 22.0 Å². The monoisotopic (exact) mass is 553 g/mol. The van der Waals surface area contributed by atoms with Gasteiger partial charge >= 0.3 is 6.18 Å². The normalized spacial score (nSPS) is 23.7. The number of methoxy groups -OCH3 is 1. The largest absolute Gasteiger partial charge is 0.497 e. The molecule has 1 aromatic rings. The maximum Gasteiger partial charge on any atom is 0.417 e. The second-order valence-electron chi connectivity index (χ2n) is 9.44. The fourth-order valence-corrected chi connectivity index (χ4v) is 4.57. The summed E-state index contributed by atoms with van der Waals surface area (Å²) in [5, 5.41) is 2.94. The summed E-state index contributed by atoms with van der Waals surface area (Å²) in [5.74, 6) is -3.84. The van der Waals surface area contributed by atoms with E-state index in [9.17, 15) is 26.7 Å². The quantitative estimate of drug-likeness (QED) is 0.290. The molecule has 1 saturated heterocycles. The Morgan fingerprint density at radius 3 is 2.54 bits per heavy atom. The smallest absolute Gasteiger partial charge is 0.417 e. The first kappa shape index (κ1) is 29.9. The zero-order valence-corrected chi connectivity index (χ0v) is 21.9. The number of nitrogens with one attached hydrogen (secondary N) is 1. The number of halogens is 5. The van der Waals surface area contributed by atoms with E-state index in [1.165, 1.54) is 20.4 Å². The first-order chi connectivity index (χ1) is 18.4. The zero-order valence-electron chi connectivity index (χ0n) is 21.9. The van der Waals surface area contributed by atoms with E-state index in [1.807, 2.05) is 0 Å². The topological polar surface area (TPSA) is 92.3 Å². The van der Waals surface area contributed by atoms with Crippen LogP contribution in [0, 0.1) is 5.92 Å². The van der Waals surface area contributed by atoms with Gasteiger partial charge in [-0.1, -0.05) is 25.1 Å². The van der Waals surface area contributed by atoms with E-state index in [2.05, 4.69) is 15.3 Å². The van der Waals surface area contributed by atoms with Gasteiger partial charge < -0.3 is 20.7 Å². The van der Waals surface area contributed by atoms with E-state index in [0.29, 0.717) is 17.7 Å². The predicted octanol–water partition coefficient (Wildman–Crippen LogP) is 4.72. The summed E-state index contributed by atoms with van der Waals surface area (Å²) < 4.78 is 73.8. The molecule has 0 saturated carbocycles. The second-order valence-corrected chi connectivity index (χ2v) is 9.44. The molecule has 0 spiro atoms. The second kappa shape index (κ2) is 12.4. The number of ether oxygens (including phenoxy) is 1. The van der Waals surface area contributed by atoms with E-state index in [1.54, 1.807) is 37.3 Å². The van der Waals surface area contributed by atoms with Crippen molar-refractivity contribution < 1.29 is 31.5 Å². The first-order valence-electron chi connectivity index (χ1n) is 12.4. The van der Waals surface area contributed by atoms with Gasteiger partial charge in [-0.25, -0.2) is 13.8 Å². The molecule has 2 atom stereocenters. The lowest BCUT2D eigenvalue weighted by atomic mass is 9.88. The van der Waals surface area contributed by atoms with E-state index in [0.717, 1.165) is 17.2 Å². The summed E-state index contributed by atoms with van der Waals surface area (Å²) in [6.07, 6.45) is 0.275. The molecule has 3 rings (SSSR count). The van der Waals surface area contributed by atoms with Gasteiger partial charge in [-0.05, 0) is 42.5 Å². The number of piperidine rings is 1. The minimum atomic E-state index is -4.54. The molecule has 1 fully saturated rings. The maximum atomic E-state index is 14.6. The Kier molecular flexibility index (Phi) is 9.52. The van der Waals surface area contributed by atoms with Crippen LogP contribution >= 0.6 is 0 Å². The molecule has 12 heteroatoms. The molecular weight excluding hydrogens is 521 g/mol. The van der Waals surface area contributed by atoms with Gasteiger partial charge in [0.1, 0.15) is 17.3 Å². The average Bonchev–Trinajstić information content (AvgIpc) is 2.85. The van der Waals surface area contributed by atoms with Crippen LogP contribution in [0.3, 0.4) is 0 Å². The summed E-state index contributed by atoms with van der Waals surface area (Å²) in [7, 11) is 3.00. The minimum Gasteiger partial charge on any atom is -0.497 e. The number of nitrogens with zero attached hydrogens (tertiary/aromatic N) is 3. The SMILES string of the molecule is CN=CC(=C(N)C(=O)N1CC(F)(F)CC(C)C1CNC1=CCC/C=C(\C(F)(F)F)C=N1)c1ccc(OC)cc1. The van der Waals surface area contributed by atoms with Gasteiger partial charge in [0.05, 0.1) is 25.3 Å². The third-order valence-corrected chi connectivity index (χ3v) is 6.55. The van der Waals surface area contributed by atoms with Crippen molar-refractivity contribution in [3.8, 4) is 5.75 Å². The van der Waals surface area contributed by atoms with E-state index in [-0.39, 0.29) is 30.1 Å². The molecule has 3 N–H and O–H groups in total. The van der Waals surface area contributed by atoms with Crippen LogP contribution in [0.5, 0.6) is 5.75 Å². The number of benzene rings is 1. The van der Waals surface area contributed by atoms with Gasteiger partial charge in [0.15, 0.2) is 0 Å². The number of alkyl halides is 5. The third-order valence-electron chi connectivity index (χ3n) is 6.55. The van der Waals surface area contributed by atoms with E-state index >= 15 is 0 Å². The lowest BCUT2D eigenvalue weighted by Gasteiger charge is -2.43. The highest BCUT2D eigenvalue weighted by atomic mass is 19.4. The Bertz CT molecular complexity index is 1190. The highest BCUT2D eigenvalue weighted by Gasteiger charge is 2.46. The zero-order chi connectivity index (χ0) is 28.8. The standard InChI is InChI=1S/C27H32F5N5O2/c1-17-12-26(28,29)16-37(22(17)15-36-23-7-5-4-6-19(13-35-23)27(30,31)32)25(38)24(33)21(14-34-2)18-8-10-20(39-3)11-9-18/h6-11,13-14,17,22,36H,4-5,12,15-16,33H2,1-3H3/b19-6-,23-7?,24-21?,34-14?,35-13?. The van der Waals surface area contributed by atoms with Gasteiger partial charge in [0.2, 0.25) is 0 Å². The van der Waals surface area contributed by atoms with Crippen molar-refractivity contribution in [1.29, 1.82) is 0 Å². The molecule has 0 aliphatic carbocycles. The fraction of sp³-hybridized carbons (Fsp3) is 0.444. The minimum absolute atomic E-state index is 0.00968. The summed E-state index contributed by atoms with van der Waals surface area (Å²) in [6.45, 7) is 0.730. The molecular formula is C27H32F5N5O2. The Morgan fingerprint density at radius 1 is 1.26 bits per heavy atom. The van der Waals surface area contributed by atoms with Crippen LogP contribution in [-0.2, 0) is 4.79 Å². The van der Waals surface area contributed by atoms with Gasteiger partial charge in [-0.2, -0.15) is 13.2 Å². The summed E-state index contributed by atoms with van der Waals surface area (Å²) >= 11 is 0. The number of hydrogen-bond donors (Lipinski definition) is 2. The Morgan fingerprint density at radius 2 is 1.92 bits per heavy atom. The number of nitrogens with two attached hydrogens (primary N) is 1. The fourth-order valence-electron chi connectivity index (χ4n) is 4.57. The lowest BCUT2D eigenvalue weighted by molar-refractivity contribution is -0.148. The van der Waals surface area contributed by atoms with Crippen molar-refractivity contribution in [2.24, 2.45) is 21.6 Å². The number of amides is 1. The number of likely N-dealkylation sites (tertiary alicyclic amines) is 1. The summed E-state index contributed by atoms with van der Waals surface area (Å²) in [4.78, 5) is 22.5. The van der Waals surface area contributed by atoms with Crippen molar-refractivity contribution in [3.63, 3.8) is 0 Å². The molecule has 2 aliphatic rings. The van der Waals surface area contributed by atoms with Gasteiger partial charge in [0, 0.05) is 38.0 Å². The van der Waals surface area contributed by atoms with Crippen LogP contribution in [-0.4, -0.2) is 68.6 Å². The van der Waals surface area contributed by atoms with Crippen molar-refractivity contribution in [1.82, 2.24) is 10.2 Å². The molecule has 39 heavy (non-hydrogen) atoms. The van der Waals surface area contributed by atoms with Crippen molar-refractivity contribution in [2.45, 2.75) is 44.3 Å². The van der Waals surface area contributed by atoms with E-state index in [4.69, 9.17) is 10.5 Å². The molecule has 0 bridgehead atoms. The molecule has 2 heterocycles. The Balaban J connectivity index is 1.89. The first-order valence-corrected chi connectivity index (χ1v) is 12.4. The number of rotatable bonds is 7. The van der Waals surface area contributed by atoms with Crippen LogP contribution in [0.25, 0.3) is 5.57 Å². The Labute approximate surface area is 224 Å². The maximum absolute atomic E-state index is 14.6. The highest BCUT2D eigenvalue weighted by Crippen LogP contribution is 2.35. The highest BCUT2D eigenvalue weighted by molar-refractivity contribution is 6.18. The molecule has 212 valence electrons. The van der Waals surface area contributed by atoms with Crippen molar-refractivity contribution in [3.05, 3.63) is 59.1 Å². The molecule has 2 aliphatic heterocycles. The molecule has 7 nitrogen and oxygen atoms in total. The van der Waals surface area contributed by atoms with Crippen LogP contribution < -0.4 is 15.8 Å². The average molecular weight is 554 g/mol. The number of allylic oxidation sites excluding steroid dienone is 4. The number of carbonyl (C=O) groups excluding carboxylic acids is 1. The van der Waals surface area contributed by atoms with Crippen LogP contribution in [0.1, 0.15) is 31.7 Å². The number of carbonyl (C=O) groups is 1. The van der Waals surface area contributed by atoms with E-state index < -0.39 is 48.5 Å². The van der Waals surface area contributed by atoms with Crippen LogP contribution in [0.2, 0.25) is 0 Å².